The van der Waals surface area contributed by atoms with E-state index >= 15 is 0 Å². The molecule has 0 unspecified atom stereocenters. The van der Waals surface area contributed by atoms with E-state index < -0.39 is 0 Å². The van der Waals surface area contributed by atoms with Crippen molar-refractivity contribution >= 4 is 22.5 Å². The Labute approximate surface area is 177 Å². The summed E-state index contributed by atoms with van der Waals surface area (Å²) in [6.07, 6.45) is 5.38. The number of nitrogens with zero attached hydrogens (tertiary/aromatic N) is 3. The third kappa shape index (κ3) is 3.56. The lowest BCUT2D eigenvalue weighted by atomic mass is 10.0. The topological polar surface area (TPSA) is 87.3 Å². The van der Waals surface area contributed by atoms with E-state index in [1.165, 1.54) is 23.2 Å². The molecule has 1 saturated heterocycles. The summed E-state index contributed by atoms with van der Waals surface area (Å²) >= 11 is 0. The molecule has 6 nitrogen and oxygen atoms in total. The van der Waals surface area contributed by atoms with Gasteiger partial charge < -0.3 is 16.2 Å². The number of phenolic OH excluding ortho intramolecular Hbond substituents is 1. The maximum absolute atomic E-state index is 10.0. The monoisotopic (exact) mass is 403 g/mol. The van der Waals surface area contributed by atoms with Crippen LogP contribution >= 0.6 is 0 Å². The van der Waals surface area contributed by atoms with Crippen molar-refractivity contribution in [2.24, 2.45) is 0 Å². The Morgan fingerprint density at radius 2 is 1.97 bits per heavy atom. The number of benzene rings is 1. The van der Waals surface area contributed by atoms with Gasteiger partial charge in [-0.2, -0.15) is 0 Å². The zero-order valence-electron chi connectivity index (χ0n) is 17.5. The van der Waals surface area contributed by atoms with E-state index in [4.69, 9.17) is 15.7 Å². The van der Waals surface area contributed by atoms with Crippen LogP contribution in [0.15, 0.2) is 30.3 Å². The molecule has 6 heteroatoms. The molecule has 2 aliphatic rings. The summed E-state index contributed by atoms with van der Waals surface area (Å²) in [7, 11) is 0. The van der Waals surface area contributed by atoms with Crippen LogP contribution in [0, 0.1) is 6.92 Å². The van der Waals surface area contributed by atoms with Crippen molar-refractivity contribution in [1.82, 2.24) is 14.9 Å². The predicted octanol–water partition coefficient (Wildman–Crippen LogP) is 3.79. The Hall–Kier alpha value is -2.86. The number of pyridine rings is 2. The molecule has 0 spiro atoms. The lowest BCUT2D eigenvalue weighted by molar-refractivity contribution is 0.209. The van der Waals surface area contributed by atoms with Gasteiger partial charge >= 0.3 is 0 Å². The summed E-state index contributed by atoms with van der Waals surface area (Å²) in [5.74, 6) is 1.20. The fourth-order valence-corrected chi connectivity index (χ4v) is 4.95. The molecule has 2 aromatic heterocycles. The lowest BCUT2D eigenvalue weighted by Crippen LogP contribution is -2.38. The first kappa shape index (κ1) is 19.1. The van der Waals surface area contributed by atoms with Crippen molar-refractivity contribution in [2.75, 3.05) is 24.1 Å². The smallest absolute Gasteiger partial charge is 0.164 e. The van der Waals surface area contributed by atoms with E-state index in [0.29, 0.717) is 11.8 Å². The molecule has 0 radical (unpaired) electrons. The highest BCUT2D eigenvalue weighted by molar-refractivity contribution is 5.93. The van der Waals surface area contributed by atoms with Gasteiger partial charge in [-0.1, -0.05) is 18.2 Å². The van der Waals surface area contributed by atoms with Gasteiger partial charge in [-0.3, -0.25) is 4.90 Å². The second kappa shape index (κ2) is 7.76. The maximum Gasteiger partial charge on any atom is 0.164 e. The first-order chi connectivity index (χ1) is 14.6. The number of phenols is 1. The summed E-state index contributed by atoms with van der Waals surface area (Å²) in [6, 6.07) is 9.92. The molecule has 156 valence electrons. The first-order valence-corrected chi connectivity index (χ1v) is 10.9. The SMILES string of the molecule is Cc1c2c(nc3nc(NC4CCN(Cc5ccccc5O)CC4)cc(N)c13)CCC2. The van der Waals surface area contributed by atoms with Crippen molar-refractivity contribution < 1.29 is 5.11 Å². The second-order valence-electron chi connectivity index (χ2n) is 8.63. The highest BCUT2D eigenvalue weighted by Gasteiger charge is 2.22. The van der Waals surface area contributed by atoms with E-state index in [1.54, 1.807) is 6.07 Å². The third-order valence-electron chi connectivity index (χ3n) is 6.61. The van der Waals surface area contributed by atoms with E-state index in [2.05, 4.69) is 17.1 Å². The van der Waals surface area contributed by atoms with Crippen molar-refractivity contribution in [3.8, 4) is 5.75 Å². The molecule has 5 rings (SSSR count). The molecule has 1 aromatic carbocycles. The number of fused-ring (bicyclic) bond motifs is 2. The van der Waals surface area contributed by atoms with Crippen LogP contribution in [0.1, 0.15) is 41.6 Å². The number of para-hydroxylation sites is 1. The number of anilines is 2. The van der Waals surface area contributed by atoms with E-state index in [0.717, 1.165) is 73.4 Å². The van der Waals surface area contributed by atoms with Crippen LogP contribution in [0.2, 0.25) is 0 Å². The third-order valence-corrected chi connectivity index (χ3v) is 6.61. The van der Waals surface area contributed by atoms with E-state index in [9.17, 15) is 5.11 Å². The Morgan fingerprint density at radius 3 is 2.77 bits per heavy atom. The normalized spacial score (nSPS) is 17.4. The van der Waals surface area contributed by atoms with Gasteiger partial charge in [0.2, 0.25) is 0 Å². The van der Waals surface area contributed by atoms with Gasteiger partial charge in [0.1, 0.15) is 11.6 Å². The van der Waals surface area contributed by atoms with E-state index in [-0.39, 0.29) is 0 Å². The quantitative estimate of drug-likeness (QED) is 0.614. The molecule has 0 amide bonds. The van der Waals surface area contributed by atoms with Crippen molar-refractivity contribution in [2.45, 2.75) is 51.6 Å². The maximum atomic E-state index is 10.0. The van der Waals surface area contributed by atoms with Gasteiger partial charge in [-0.05, 0) is 56.2 Å². The Balaban J connectivity index is 1.28. The standard InChI is InChI=1S/C24H29N5O/c1-15-18-6-4-7-20(18)27-24-23(15)19(25)13-22(28-24)26-17-9-11-29(12-10-17)14-16-5-2-3-8-21(16)30/h2-3,5,8,13,17,30H,4,6-7,9-12,14H2,1H3,(H3,25,26,27,28). The Bertz CT molecular complexity index is 1090. The zero-order valence-corrected chi connectivity index (χ0v) is 17.5. The number of aromatic hydroxyl groups is 1. The van der Waals surface area contributed by atoms with E-state index in [1.807, 2.05) is 24.3 Å². The van der Waals surface area contributed by atoms with Gasteiger partial charge in [0, 0.05) is 54.1 Å². The van der Waals surface area contributed by atoms with Gasteiger partial charge in [0.15, 0.2) is 5.65 Å². The van der Waals surface area contributed by atoms with Crippen molar-refractivity contribution in [3.63, 3.8) is 0 Å². The summed E-state index contributed by atoms with van der Waals surface area (Å²) in [5, 5.41) is 14.6. The minimum atomic E-state index is 0.366. The second-order valence-corrected chi connectivity index (χ2v) is 8.63. The minimum Gasteiger partial charge on any atom is -0.508 e. The number of hydrogen-bond acceptors (Lipinski definition) is 6. The van der Waals surface area contributed by atoms with Crippen molar-refractivity contribution in [1.29, 1.82) is 0 Å². The van der Waals surface area contributed by atoms with Crippen LogP contribution in [0.4, 0.5) is 11.5 Å². The molecule has 3 aromatic rings. The summed E-state index contributed by atoms with van der Waals surface area (Å²) < 4.78 is 0. The van der Waals surface area contributed by atoms with Crippen molar-refractivity contribution in [3.05, 3.63) is 52.7 Å². The van der Waals surface area contributed by atoms with Crippen LogP contribution in [0.5, 0.6) is 5.75 Å². The molecular formula is C24H29N5O. The number of piperidine rings is 1. The molecule has 3 heterocycles. The number of aromatic nitrogens is 2. The molecular weight excluding hydrogens is 374 g/mol. The Kier molecular flexibility index (Phi) is 4.95. The molecule has 0 atom stereocenters. The number of likely N-dealkylation sites (tertiary alicyclic amines) is 1. The number of hydrogen-bond donors (Lipinski definition) is 3. The lowest BCUT2D eigenvalue weighted by Gasteiger charge is -2.32. The highest BCUT2D eigenvalue weighted by atomic mass is 16.3. The van der Waals surface area contributed by atoms with Crippen LogP contribution in [-0.4, -0.2) is 39.1 Å². The summed E-state index contributed by atoms with van der Waals surface area (Å²) in [6.45, 7) is 4.91. The Morgan fingerprint density at radius 1 is 1.17 bits per heavy atom. The zero-order chi connectivity index (χ0) is 20.7. The molecule has 0 saturated carbocycles. The number of rotatable bonds is 4. The molecule has 1 aliphatic carbocycles. The van der Waals surface area contributed by atoms with Gasteiger partial charge in [-0.25, -0.2) is 9.97 Å². The van der Waals surface area contributed by atoms with Crippen LogP contribution < -0.4 is 11.1 Å². The molecule has 0 bridgehead atoms. The summed E-state index contributed by atoms with van der Waals surface area (Å²) in [4.78, 5) is 12.0. The molecule has 1 fully saturated rings. The minimum absolute atomic E-state index is 0.366. The highest BCUT2D eigenvalue weighted by Crippen LogP contribution is 2.33. The number of nitrogen functional groups attached to an aromatic ring is 1. The first-order valence-electron chi connectivity index (χ1n) is 10.9. The summed E-state index contributed by atoms with van der Waals surface area (Å²) in [5.41, 5.74) is 12.8. The fraction of sp³-hybridized carbons (Fsp3) is 0.417. The van der Waals surface area contributed by atoms with Crippen LogP contribution in [0.3, 0.4) is 0 Å². The largest absolute Gasteiger partial charge is 0.508 e. The molecule has 30 heavy (non-hydrogen) atoms. The number of aryl methyl sites for hydroxylation is 2. The van der Waals surface area contributed by atoms with Crippen LogP contribution in [0.25, 0.3) is 11.0 Å². The molecule has 4 N–H and O–H groups in total. The fourth-order valence-electron chi connectivity index (χ4n) is 4.95. The number of nitrogens with one attached hydrogen (secondary N) is 1. The van der Waals surface area contributed by atoms with Gasteiger partial charge in [0.05, 0.1) is 0 Å². The average molecular weight is 404 g/mol. The molecule has 1 aliphatic heterocycles. The van der Waals surface area contributed by atoms with Gasteiger partial charge in [0.25, 0.3) is 0 Å². The van der Waals surface area contributed by atoms with Crippen LogP contribution in [-0.2, 0) is 19.4 Å². The average Bonchev–Trinajstić information content (AvgIpc) is 3.20. The van der Waals surface area contributed by atoms with Gasteiger partial charge in [-0.15, -0.1) is 0 Å². The predicted molar refractivity (Wildman–Crippen MR) is 121 cm³/mol. The number of nitrogens with two attached hydrogens (primary N) is 1.